The lowest BCUT2D eigenvalue weighted by Crippen LogP contribution is -2.58. The van der Waals surface area contributed by atoms with Gasteiger partial charge in [-0.15, -0.1) is 0 Å². The number of ether oxygens (including phenoxy) is 5. The maximum atomic E-state index is 14.2. The van der Waals surface area contributed by atoms with Crippen molar-refractivity contribution in [1.29, 1.82) is 0 Å². The topological polar surface area (TPSA) is 200 Å². The fraction of sp³-hybridized carbons (Fsp3) is 0.973. The molecule has 3 rings (SSSR count). The quantitative estimate of drug-likeness (QED) is 0.114. The molecule has 0 aromatic carbocycles. The first-order chi connectivity index (χ1) is 24.2. The first-order valence-electron chi connectivity index (χ1n) is 19.0. The van der Waals surface area contributed by atoms with Crippen molar-refractivity contribution in [2.24, 2.45) is 23.7 Å². The molecule has 15 nitrogen and oxygen atoms in total. The third kappa shape index (κ3) is 10.1. The summed E-state index contributed by atoms with van der Waals surface area (Å²) in [7, 11) is -0.732. The number of aliphatic hydroxyl groups is 4. The highest BCUT2D eigenvalue weighted by atomic mass is 32.2. The highest BCUT2D eigenvalue weighted by Crippen LogP contribution is 2.48. The van der Waals surface area contributed by atoms with E-state index in [4.69, 9.17) is 33.5 Å². The van der Waals surface area contributed by atoms with E-state index in [-0.39, 0.29) is 25.2 Å². The number of fused-ring (bicyclic) bond motifs is 2. The van der Waals surface area contributed by atoms with Crippen molar-refractivity contribution in [1.82, 2.24) is 4.31 Å². The normalized spacial score (nSPS) is 42.2. The van der Waals surface area contributed by atoms with E-state index in [9.17, 15) is 33.6 Å². The van der Waals surface area contributed by atoms with Crippen LogP contribution in [0.3, 0.4) is 0 Å². The highest BCUT2D eigenvalue weighted by Gasteiger charge is 2.58. The third-order valence-corrected chi connectivity index (χ3v) is 13.6. The predicted octanol–water partition coefficient (Wildman–Crippen LogP) is 2.55. The van der Waals surface area contributed by atoms with Gasteiger partial charge in [-0.2, -0.15) is 4.31 Å². The number of sulfonamides is 1. The highest BCUT2D eigenvalue weighted by molar-refractivity contribution is 7.88. The lowest BCUT2D eigenvalue weighted by Gasteiger charge is -2.47. The minimum Gasteiger partial charge on any atom is -0.459 e. The van der Waals surface area contributed by atoms with Gasteiger partial charge in [0.15, 0.2) is 6.29 Å². The molecule has 4 N–H and O–H groups in total. The third-order valence-electron chi connectivity index (χ3n) is 12.3. The standard InChI is InChI=1S/C37H69NO14S/c1-15-27(40)37(11,43)33-21(4)29-19(2)17-36(10,50-29)32(52-51-20(3)16-26(24(7)39)38(12)53(14,44)45)22(5)30(23(6)34(42)49-33)48-28-18-35(9,46-13)31(41)25(8)47-28/h19-33,39-41,43H,15-18H2,1-14H3/t19?,20?,21-,22-,23+,24?,25?,26?,27+,28-,29?,30-,31-,32+,33+,35?,36+,37+/m0/s1. The summed E-state index contributed by atoms with van der Waals surface area (Å²) in [6.45, 7) is 19.1. The number of cyclic esters (lactones) is 1. The van der Waals surface area contributed by atoms with Gasteiger partial charge in [0.2, 0.25) is 10.0 Å². The first-order valence-corrected chi connectivity index (χ1v) is 20.9. The Kier molecular flexibility index (Phi) is 15.4. The SMILES string of the molecule is CC[C@@H](O)[C@@](C)(O)[C@@H]1OC(=O)[C@H](C)[C@@H](O[C@H]2CC(C)(OC)[C@@H](O)C(C)O2)[C@H](C)[C@@H](OOC(C)CC(C(C)O)N(C)S(C)(=O)=O)[C@@]2(C)CC(C)C(O2)[C@@H]1C. The van der Waals surface area contributed by atoms with E-state index < -0.39 is 118 Å². The van der Waals surface area contributed by atoms with Gasteiger partial charge in [0.1, 0.15) is 23.9 Å². The van der Waals surface area contributed by atoms with Crippen molar-refractivity contribution in [3.05, 3.63) is 0 Å². The minimum atomic E-state index is -3.63. The van der Waals surface area contributed by atoms with E-state index in [2.05, 4.69) is 0 Å². The van der Waals surface area contributed by atoms with Gasteiger partial charge in [0, 0.05) is 32.4 Å². The van der Waals surface area contributed by atoms with Crippen LogP contribution in [0.25, 0.3) is 0 Å². The molecule has 3 aliphatic heterocycles. The molecule has 18 atom stereocenters. The summed E-state index contributed by atoms with van der Waals surface area (Å²) in [5, 5.41) is 44.1. The number of rotatable bonds is 14. The predicted molar refractivity (Wildman–Crippen MR) is 195 cm³/mol. The molecule has 0 saturated carbocycles. The Morgan fingerprint density at radius 3 is 2.21 bits per heavy atom. The zero-order valence-electron chi connectivity index (χ0n) is 34.2. The van der Waals surface area contributed by atoms with Crippen LogP contribution in [0.5, 0.6) is 0 Å². The average molecular weight is 784 g/mol. The first kappa shape index (κ1) is 46.4. The Hall–Kier alpha value is -1.02. The zero-order valence-corrected chi connectivity index (χ0v) is 35.0. The summed E-state index contributed by atoms with van der Waals surface area (Å²) < 4.78 is 57.4. The summed E-state index contributed by atoms with van der Waals surface area (Å²) in [5.41, 5.74) is -3.89. The van der Waals surface area contributed by atoms with Crippen LogP contribution in [-0.2, 0) is 48.3 Å². The van der Waals surface area contributed by atoms with Crippen molar-refractivity contribution >= 4 is 16.0 Å². The summed E-state index contributed by atoms with van der Waals surface area (Å²) in [4.78, 5) is 26.6. The van der Waals surface area contributed by atoms with E-state index in [1.54, 1.807) is 34.6 Å². The Bertz CT molecular complexity index is 1320. The van der Waals surface area contributed by atoms with Gasteiger partial charge < -0.3 is 44.1 Å². The molecule has 0 aliphatic carbocycles. The molecule has 0 aromatic heterocycles. The summed E-state index contributed by atoms with van der Waals surface area (Å²) in [5.74, 6) is -2.99. The molecule has 3 saturated heterocycles. The summed E-state index contributed by atoms with van der Waals surface area (Å²) in [6, 6.07) is -0.804. The fourth-order valence-corrected chi connectivity index (χ4v) is 9.51. The van der Waals surface area contributed by atoms with Gasteiger partial charge in [-0.05, 0) is 73.6 Å². The van der Waals surface area contributed by atoms with E-state index in [0.717, 1.165) is 10.6 Å². The lowest BCUT2D eigenvalue weighted by atomic mass is 9.76. The Morgan fingerprint density at radius 2 is 1.68 bits per heavy atom. The van der Waals surface area contributed by atoms with Gasteiger partial charge >= 0.3 is 5.97 Å². The van der Waals surface area contributed by atoms with Crippen molar-refractivity contribution in [3.63, 3.8) is 0 Å². The van der Waals surface area contributed by atoms with E-state index in [1.807, 2.05) is 27.7 Å². The molecule has 0 aromatic rings. The van der Waals surface area contributed by atoms with Crippen molar-refractivity contribution in [3.8, 4) is 0 Å². The molecule has 3 fully saturated rings. The largest absolute Gasteiger partial charge is 0.459 e. The molecule has 3 heterocycles. The molecule has 3 aliphatic rings. The number of carbonyl (C=O) groups excluding carboxylic acids is 1. The molecule has 16 heteroatoms. The van der Waals surface area contributed by atoms with E-state index in [1.165, 1.54) is 28.0 Å². The number of aliphatic hydroxyl groups excluding tert-OH is 3. The van der Waals surface area contributed by atoms with Crippen LogP contribution < -0.4 is 0 Å². The number of esters is 1. The Morgan fingerprint density at radius 1 is 1.08 bits per heavy atom. The fourth-order valence-electron chi connectivity index (χ4n) is 8.75. The number of likely N-dealkylation sites (N-methyl/N-ethyl adjacent to an activating group) is 1. The van der Waals surface area contributed by atoms with Crippen LogP contribution in [0, 0.1) is 23.7 Å². The molecule has 2 bridgehead atoms. The van der Waals surface area contributed by atoms with Gasteiger partial charge in [-0.1, -0.05) is 27.7 Å². The van der Waals surface area contributed by atoms with E-state index >= 15 is 0 Å². The van der Waals surface area contributed by atoms with Gasteiger partial charge in [0.05, 0.1) is 66.0 Å². The van der Waals surface area contributed by atoms with Crippen LogP contribution in [-0.4, -0.2) is 144 Å². The van der Waals surface area contributed by atoms with E-state index in [0.29, 0.717) is 6.42 Å². The molecule has 0 amide bonds. The lowest BCUT2D eigenvalue weighted by molar-refractivity contribution is -0.389. The smallest absolute Gasteiger partial charge is 0.311 e. The monoisotopic (exact) mass is 783 g/mol. The van der Waals surface area contributed by atoms with Gasteiger partial charge in [-0.3, -0.25) is 4.79 Å². The Labute approximate surface area is 316 Å². The Balaban J connectivity index is 2.10. The van der Waals surface area contributed by atoms with Gasteiger partial charge in [-0.25, -0.2) is 18.2 Å². The van der Waals surface area contributed by atoms with Crippen molar-refractivity contribution in [2.45, 2.75) is 186 Å². The molecule has 7 unspecified atom stereocenters. The summed E-state index contributed by atoms with van der Waals surface area (Å²) in [6.07, 6.45) is -7.01. The number of hydrogen-bond acceptors (Lipinski definition) is 14. The zero-order chi connectivity index (χ0) is 40.6. The van der Waals surface area contributed by atoms with Crippen LogP contribution in [0.15, 0.2) is 0 Å². The van der Waals surface area contributed by atoms with Crippen LogP contribution >= 0.6 is 0 Å². The molecule has 312 valence electrons. The van der Waals surface area contributed by atoms with Crippen LogP contribution in [0.2, 0.25) is 0 Å². The maximum absolute atomic E-state index is 14.2. The second kappa shape index (κ2) is 17.6. The van der Waals surface area contributed by atoms with Crippen LogP contribution in [0.4, 0.5) is 0 Å². The molecular formula is C37H69NO14S. The van der Waals surface area contributed by atoms with Crippen LogP contribution in [0.1, 0.15) is 102 Å². The molecule has 53 heavy (non-hydrogen) atoms. The van der Waals surface area contributed by atoms with Crippen molar-refractivity contribution < 1.29 is 67.1 Å². The average Bonchev–Trinajstić information content (AvgIpc) is 3.38. The number of hydrogen-bond donors (Lipinski definition) is 4. The molecule has 0 spiro atoms. The number of methoxy groups -OCH3 is 1. The van der Waals surface area contributed by atoms with Gasteiger partial charge in [0.25, 0.3) is 0 Å². The second-order valence-corrected chi connectivity index (χ2v) is 18.9. The number of carbonyl (C=O) groups is 1. The second-order valence-electron chi connectivity index (χ2n) is 16.9. The molecular weight excluding hydrogens is 714 g/mol. The molecule has 0 radical (unpaired) electrons. The summed E-state index contributed by atoms with van der Waals surface area (Å²) >= 11 is 0. The minimum absolute atomic E-state index is 0.0981. The van der Waals surface area contributed by atoms with Crippen molar-refractivity contribution in [2.75, 3.05) is 20.4 Å². The number of nitrogens with zero attached hydrogens (tertiary/aromatic N) is 1. The maximum Gasteiger partial charge on any atom is 0.311 e.